The molecule has 1 unspecified atom stereocenters. The third-order valence-electron chi connectivity index (χ3n) is 4.40. The number of amides is 1. The number of carbonyl (C=O) groups excluding carboxylic acids is 1. The lowest BCUT2D eigenvalue weighted by Crippen LogP contribution is -2.23. The van der Waals surface area contributed by atoms with Gasteiger partial charge in [-0.1, -0.05) is 30.0 Å². The van der Waals surface area contributed by atoms with Crippen LogP contribution in [0.4, 0.5) is 11.4 Å². The summed E-state index contributed by atoms with van der Waals surface area (Å²) in [5, 5.41) is 25.5. The molecule has 0 spiro atoms. The number of aryl methyl sites for hydroxylation is 2. The summed E-state index contributed by atoms with van der Waals surface area (Å²) in [4.78, 5) is 23.2. The summed E-state index contributed by atoms with van der Waals surface area (Å²) in [6.07, 6.45) is 0. The number of hydrogen-bond donors (Lipinski definition) is 1. The second kappa shape index (κ2) is 8.91. The molecular formula is C19H20N6O4S. The van der Waals surface area contributed by atoms with E-state index in [-0.39, 0.29) is 17.3 Å². The molecule has 0 aliphatic carbocycles. The summed E-state index contributed by atoms with van der Waals surface area (Å²) < 4.78 is 6.79. The van der Waals surface area contributed by atoms with Crippen LogP contribution in [0, 0.1) is 24.0 Å². The van der Waals surface area contributed by atoms with Gasteiger partial charge in [0, 0.05) is 12.1 Å². The molecule has 1 heterocycles. The first-order chi connectivity index (χ1) is 14.3. The van der Waals surface area contributed by atoms with Gasteiger partial charge in [-0.25, -0.2) is 0 Å². The van der Waals surface area contributed by atoms with Crippen molar-refractivity contribution in [1.82, 2.24) is 20.2 Å². The van der Waals surface area contributed by atoms with Crippen molar-refractivity contribution in [3.63, 3.8) is 0 Å². The predicted octanol–water partition coefficient (Wildman–Crippen LogP) is 3.32. The van der Waals surface area contributed by atoms with Crippen LogP contribution >= 0.6 is 11.8 Å². The number of anilines is 1. The highest BCUT2D eigenvalue weighted by molar-refractivity contribution is 8.00. The summed E-state index contributed by atoms with van der Waals surface area (Å²) in [6.45, 7) is 5.62. The Labute approximate surface area is 176 Å². The highest BCUT2D eigenvalue weighted by Gasteiger charge is 2.22. The van der Waals surface area contributed by atoms with Crippen LogP contribution in [0.2, 0.25) is 0 Å². The van der Waals surface area contributed by atoms with Crippen molar-refractivity contribution < 1.29 is 14.5 Å². The van der Waals surface area contributed by atoms with Crippen LogP contribution in [-0.2, 0) is 4.79 Å². The van der Waals surface area contributed by atoms with Crippen molar-refractivity contribution in [3.8, 4) is 11.4 Å². The Kier molecular flexibility index (Phi) is 6.31. The number of nitro groups is 1. The number of nitrogens with zero attached hydrogens (tertiary/aromatic N) is 5. The maximum atomic E-state index is 12.7. The smallest absolute Gasteiger partial charge is 0.271 e. The number of carbonyl (C=O) groups is 1. The van der Waals surface area contributed by atoms with Gasteiger partial charge >= 0.3 is 0 Å². The zero-order chi connectivity index (χ0) is 21.8. The topological polar surface area (TPSA) is 125 Å². The summed E-state index contributed by atoms with van der Waals surface area (Å²) in [7, 11) is 1.42. The van der Waals surface area contributed by atoms with E-state index in [9.17, 15) is 14.9 Å². The molecule has 1 aromatic heterocycles. The summed E-state index contributed by atoms with van der Waals surface area (Å²) >= 11 is 1.18. The molecule has 0 bridgehead atoms. The Bertz CT molecular complexity index is 1080. The minimum absolute atomic E-state index is 0.148. The van der Waals surface area contributed by atoms with Crippen LogP contribution in [0.25, 0.3) is 5.69 Å². The van der Waals surface area contributed by atoms with Gasteiger partial charge in [-0.2, -0.15) is 4.68 Å². The Balaban J connectivity index is 1.81. The van der Waals surface area contributed by atoms with E-state index in [0.717, 1.165) is 16.8 Å². The van der Waals surface area contributed by atoms with Gasteiger partial charge in [0.15, 0.2) is 0 Å². The molecule has 2 aromatic carbocycles. The number of nitrogens with one attached hydrogen (secondary N) is 1. The fourth-order valence-electron chi connectivity index (χ4n) is 2.89. The first kappa shape index (κ1) is 21.2. The molecule has 1 N–H and O–H groups in total. The zero-order valence-corrected chi connectivity index (χ0v) is 17.6. The standard InChI is InChI=1S/C19H20N6O4S/c1-11-6-5-7-12(2)17(11)24-19(21-22-23-24)30-13(3)18(26)20-15-10-14(25(27)28)8-9-16(15)29-4/h5-10,13H,1-4H3,(H,20,26). The van der Waals surface area contributed by atoms with Crippen LogP contribution < -0.4 is 10.1 Å². The first-order valence-electron chi connectivity index (χ1n) is 8.96. The summed E-state index contributed by atoms with van der Waals surface area (Å²) in [6, 6.07) is 9.88. The van der Waals surface area contributed by atoms with E-state index in [1.165, 1.54) is 37.1 Å². The van der Waals surface area contributed by atoms with Crippen LogP contribution in [0.1, 0.15) is 18.1 Å². The number of para-hydroxylation sites is 1. The first-order valence-corrected chi connectivity index (χ1v) is 9.84. The molecule has 11 heteroatoms. The molecule has 30 heavy (non-hydrogen) atoms. The molecule has 1 atom stereocenters. The van der Waals surface area contributed by atoms with E-state index >= 15 is 0 Å². The van der Waals surface area contributed by atoms with Crippen LogP contribution in [0.5, 0.6) is 5.75 Å². The van der Waals surface area contributed by atoms with Crippen molar-refractivity contribution in [3.05, 3.63) is 57.6 Å². The molecule has 3 rings (SSSR count). The van der Waals surface area contributed by atoms with Crippen molar-refractivity contribution >= 4 is 29.0 Å². The van der Waals surface area contributed by atoms with E-state index in [4.69, 9.17) is 4.74 Å². The number of rotatable bonds is 7. The number of non-ortho nitro benzene ring substituents is 1. The zero-order valence-electron chi connectivity index (χ0n) is 16.8. The predicted molar refractivity (Wildman–Crippen MR) is 112 cm³/mol. The molecule has 0 radical (unpaired) electrons. The molecule has 0 saturated carbocycles. The Hall–Kier alpha value is -3.47. The van der Waals surface area contributed by atoms with Gasteiger partial charge in [0.1, 0.15) is 5.75 Å². The van der Waals surface area contributed by atoms with Crippen molar-refractivity contribution in [2.75, 3.05) is 12.4 Å². The van der Waals surface area contributed by atoms with Gasteiger partial charge < -0.3 is 10.1 Å². The largest absolute Gasteiger partial charge is 0.495 e. The maximum Gasteiger partial charge on any atom is 0.271 e. The lowest BCUT2D eigenvalue weighted by atomic mass is 10.1. The van der Waals surface area contributed by atoms with Gasteiger partial charge in [-0.3, -0.25) is 14.9 Å². The van der Waals surface area contributed by atoms with Crippen LogP contribution in [0.15, 0.2) is 41.6 Å². The number of benzene rings is 2. The molecule has 0 aliphatic heterocycles. The number of ether oxygens (including phenoxy) is 1. The summed E-state index contributed by atoms with van der Waals surface area (Å²) in [5.74, 6) is -0.0404. The average Bonchev–Trinajstić information content (AvgIpc) is 3.15. The van der Waals surface area contributed by atoms with Gasteiger partial charge in [-0.15, -0.1) is 5.10 Å². The maximum absolute atomic E-state index is 12.7. The molecule has 3 aromatic rings. The van der Waals surface area contributed by atoms with Gasteiger partial charge in [-0.05, 0) is 48.4 Å². The van der Waals surface area contributed by atoms with E-state index in [2.05, 4.69) is 20.8 Å². The quantitative estimate of drug-likeness (QED) is 0.345. The minimum atomic E-state index is -0.581. The highest BCUT2D eigenvalue weighted by Crippen LogP contribution is 2.31. The molecule has 10 nitrogen and oxygen atoms in total. The third kappa shape index (κ3) is 4.40. The molecule has 1 amide bonds. The van der Waals surface area contributed by atoms with Gasteiger partial charge in [0.05, 0.1) is 28.7 Å². The molecule has 0 saturated heterocycles. The van der Waals surface area contributed by atoms with E-state index in [1.54, 1.807) is 11.6 Å². The normalized spacial score (nSPS) is 11.7. The van der Waals surface area contributed by atoms with Crippen molar-refractivity contribution in [2.24, 2.45) is 0 Å². The lowest BCUT2D eigenvalue weighted by Gasteiger charge is -2.15. The molecular weight excluding hydrogens is 408 g/mol. The van der Waals surface area contributed by atoms with Gasteiger partial charge in [0.2, 0.25) is 11.1 Å². The number of aromatic nitrogens is 4. The fraction of sp³-hybridized carbons (Fsp3) is 0.263. The third-order valence-corrected chi connectivity index (χ3v) is 5.43. The van der Waals surface area contributed by atoms with Crippen LogP contribution in [0.3, 0.4) is 0 Å². The number of thioether (sulfide) groups is 1. The minimum Gasteiger partial charge on any atom is -0.495 e. The molecule has 0 fully saturated rings. The molecule has 0 aliphatic rings. The van der Waals surface area contributed by atoms with E-state index < -0.39 is 10.2 Å². The van der Waals surface area contributed by atoms with Crippen LogP contribution in [-0.4, -0.2) is 43.4 Å². The second-order valence-corrected chi connectivity index (χ2v) is 7.81. The average molecular weight is 428 g/mol. The number of methoxy groups -OCH3 is 1. The second-order valence-electron chi connectivity index (χ2n) is 6.50. The van der Waals surface area contributed by atoms with E-state index in [0.29, 0.717) is 10.9 Å². The van der Waals surface area contributed by atoms with E-state index in [1.807, 2.05) is 32.0 Å². The Morgan fingerprint density at radius 1 is 1.27 bits per heavy atom. The Morgan fingerprint density at radius 3 is 2.60 bits per heavy atom. The highest BCUT2D eigenvalue weighted by atomic mass is 32.2. The Morgan fingerprint density at radius 2 is 1.97 bits per heavy atom. The fourth-order valence-corrected chi connectivity index (χ4v) is 3.68. The monoisotopic (exact) mass is 428 g/mol. The summed E-state index contributed by atoms with van der Waals surface area (Å²) in [5.41, 5.74) is 2.94. The number of tetrazole rings is 1. The lowest BCUT2D eigenvalue weighted by molar-refractivity contribution is -0.384. The van der Waals surface area contributed by atoms with Crippen molar-refractivity contribution in [1.29, 1.82) is 0 Å². The SMILES string of the molecule is COc1ccc([N+](=O)[O-])cc1NC(=O)C(C)Sc1nnnn1-c1c(C)cccc1C. The number of nitro benzene ring substituents is 1. The van der Waals surface area contributed by atoms with Gasteiger partial charge in [0.25, 0.3) is 5.69 Å². The molecule has 156 valence electrons. The van der Waals surface area contributed by atoms with Crippen molar-refractivity contribution in [2.45, 2.75) is 31.2 Å². The number of hydrogen-bond acceptors (Lipinski definition) is 8.